The molecule has 0 fully saturated rings. The van der Waals surface area contributed by atoms with Crippen molar-refractivity contribution in [1.29, 1.82) is 0 Å². The van der Waals surface area contributed by atoms with Crippen molar-refractivity contribution >= 4 is 28.4 Å². The second-order valence-corrected chi connectivity index (χ2v) is 5.43. The SMILES string of the molecule is Cc1ccc2c(c1)cc(C)n2C(=O)c1ccc(Cl)cc1. The Bertz CT molecular complexity index is 800. The number of carbonyl (C=O) groups is 1. The number of carbonyl (C=O) groups excluding carboxylic acids is 1. The van der Waals surface area contributed by atoms with E-state index in [0.29, 0.717) is 10.6 Å². The average Bonchev–Trinajstić information content (AvgIpc) is 2.73. The van der Waals surface area contributed by atoms with E-state index in [9.17, 15) is 4.79 Å². The summed E-state index contributed by atoms with van der Waals surface area (Å²) in [6, 6.07) is 15.1. The Labute approximate surface area is 122 Å². The predicted molar refractivity (Wildman–Crippen MR) is 82.6 cm³/mol. The number of benzene rings is 2. The van der Waals surface area contributed by atoms with Gasteiger partial charge >= 0.3 is 0 Å². The molecule has 0 saturated carbocycles. The second-order valence-electron chi connectivity index (χ2n) is 5.00. The van der Waals surface area contributed by atoms with Gasteiger partial charge in [0.2, 0.25) is 0 Å². The van der Waals surface area contributed by atoms with E-state index in [1.54, 1.807) is 28.8 Å². The van der Waals surface area contributed by atoms with Gasteiger partial charge in [0.25, 0.3) is 5.91 Å². The van der Waals surface area contributed by atoms with Crippen LogP contribution in [0, 0.1) is 13.8 Å². The van der Waals surface area contributed by atoms with Gasteiger partial charge in [0.05, 0.1) is 5.52 Å². The molecule has 3 rings (SSSR count). The molecule has 0 bridgehead atoms. The van der Waals surface area contributed by atoms with Crippen LogP contribution >= 0.6 is 11.6 Å². The lowest BCUT2D eigenvalue weighted by Gasteiger charge is -2.07. The van der Waals surface area contributed by atoms with Crippen molar-refractivity contribution in [2.24, 2.45) is 0 Å². The number of rotatable bonds is 1. The maximum atomic E-state index is 12.7. The first-order valence-electron chi connectivity index (χ1n) is 6.45. The molecule has 3 aromatic rings. The summed E-state index contributed by atoms with van der Waals surface area (Å²) in [5.74, 6) is -0.0296. The third-order valence-corrected chi connectivity index (χ3v) is 3.69. The predicted octanol–water partition coefficient (Wildman–Crippen LogP) is 4.60. The Morgan fingerprint density at radius 2 is 1.70 bits per heavy atom. The molecule has 0 aliphatic carbocycles. The van der Waals surface area contributed by atoms with E-state index >= 15 is 0 Å². The Morgan fingerprint density at radius 3 is 2.40 bits per heavy atom. The van der Waals surface area contributed by atoms with E-state index in [2.05, 4.69) is 6.07 Å². The van der Waals surface area contributed by atoms with E-state index in [4.69, 9.17) is 11.6 Å². The Balaban J connectivity index is 2.16. The molecule has 0 aliphatic rings. The Morgan fingerprint density at radius 1 is 1.00 bits per heavy atom. The lowest BCUT2D eigenvalue weighted by molar-refractivity contribution is 0.0963. The summed E-state index contributed by atoms with van der Waals surface area (Å²) in [5, 5.41) is 1.72. The molecule has 0 unspecified atom stereocenters. The van der Waals surface area contributed by atoms with Crippen LogP contribution in [0.3, 0.4) is 0 Å². The fourth-order valence-electron chi connectivity index (χ4n) is 2.46. The van der Waals surface area contributed by atoms with E-state index in [1.807, 2.05) is 32.0 Å². The largest absolute Gasteiger partial charge is 0.280 e. The van der Waals surface area contributed by atoms with Crippen LogP contribution < -0.4 is 0 Å². The standard InChI is InChI=1S/C17H14ClNO/c1-11-3-8-16-14(9-11)10-12(2)19(16)17(20)13-4-6-15(18)7-5-13/h3-10H,1-2H3. The normalized spacial score (nSPS) is 10.9. The minimum atomic E-state index is -0.0296. The number of aryl methyl sites for hydroxylation is 2. The van der Waals surface area contributed by atoms with E-state index in [1.165, 1.54) is 5.56 Å². The lowest BCUT2D eigenvalue weighted by Crippen LogP contribution is -2.13. The van der Waals surface area contributed by atoms with Crippen LogP contribution in [-0.2, 0) is 0 Å². The molecular weight excluding hydrogens is 270 g/mol. The molecule has 100 valence electrons. The number of fused-ring (bicyclic) bond motifs is 1. The van der Waals surface area contributed by atoms with Crippen molar-refractivity contribution in [3.63, 3.8) is 0 Å². The van der Waals surface area contributed by atoms with Gasteiger partial charge in [0.15, 0.2) is 0 Å². The molecule has 0 atom stereocenters. The highest BCUT2D eigenvalue weighted by molar-refractivity contribution is 6.30. The summed E-state index contributed by atoms with van der Waals surface area (Å²) in [7, 11) is 0. The summed E-state index contributed by atoms with van der Waals surface area (Å²) in [6.07, 6.45) is 0. The number of nitrogens with zero attached hydrogens (tertiary/aromatic N) is 1. The van der Waals surface area contributed by atoms with Crippen LogP contribution in [0.1, 0.15) is 21.6 Å². The van der Waals surface area contributed by atoms with E-state index in [-0.39, 0.29) is 5.91 Å². The summed E-state index contributed by atoms with van der Waals surface area (Å²) >= 11 is 5.87. The first kappa shape index (κ1) is 12.9. The lowest BCUT2D eigenvalue weighted by atomic mass is 10.2. The van der Waals surface area contributed by atoms with Crippen LogP contribution in [-0.4, -0.2) is 10.5 Å². The van der Waals surface area contributed by atoms with Crippen LogP contribution in [0.5, 0.6) is 0 Å². The van der Waals surface area contributed by atoms with Crippen LogP contribution in [0.4, 0.5) is 0 Å². The van der Waals surface area contributed by atoms with Crippen LogP contribution in [0.15, 0.2) is 48.5 Å². The van der Waals surface area contributed by atoms with Crippen molar-refractivity contribution < 1.29 is 4.79 Å². The Hall–Kier alpha value is -2.06. The topological polar surface area (TPSA) is 22.0 Å². The fraction of sp³-hybridized carbons (Fsp3) is 0.118. The molecule has 0 radical (unpaired) electrons. The fourth-order valence-corrected chi connectivity index (χ4v) is 2.59. The molecule has 0 amide bonds. The van der Waals surface area contributed by atoms with Gasteiger partial charge in [-0.25, -0.2) is 0 Å². The van der Waals surface area contributed by atoms with Gasteiger partial charge in [0, 0.05) is 21.7 Å². The van der Waals surface area contributed by atoms with Gasteiger partial charge in [0.1, 0.15) is 0 Å². The number of hydrogen-bond acceptors (Lipinski definition) is 1. The average molecular weight is 284 g/mol. The smallest absolute Gasteiger partial charge is 0.262 e. The van der Waals surface area contributed by atoms with Gasteiger partial charge < -0.3 is 0 Å². The van der Waals surface area contributed by atoms with Gasteiger partial charge in [-0.2, -0.15) is 0 Å². The molecule has 2 aromatic carbocycles. The third kappa shape index (κ3) is 2.12. The zero-order valence-corrected chi connectivity index (χ0v) is 12.1. The highest BCUT2D eigenvalue weighted by Gasteiger charge is 2.14. The monoisotopic (exact) mass is 283 g/mol. The molecule has 1 aromatic heterocycles. The molecule has 0 saturated heterocycles. The quantitative estimate of drug-likeness (QED) is 0.640. The van der Waals surface area contributed by atoms with Crippen LogP contribution in [0.2, 0.25) is 5.02 Å². The second kappa shape index (κ2) is 4.80. The third-order valence-electron chi connectivity index (χ3n) is 3.44. The van der Waals surface area contributed by atoms with Crippen molar-refractivity contribution in [1.82, 2.24) is 4.57 Å². The Kier molecular flexibility index (Phi) is 3.11. The highest BCUT2D eigenvalue weighted by atomic mass is 35.5. The van der Waals surface area contributed by atoms with Crippen molar-refractivity contribution in [2.75, 3.05) is 0 Å². The van der Waals surface area contributed by atoms with Crippen molar-refractivity contribution in [3.8, 4) is 0 Å². The molecule has 0 N–H and O–H groups in total. The zero-order valence-electron chi connectivity index (χ0n) is 11.4. The molecule has 1 heterocycles. The summed E-state index contributed by atoms with van der Waals surface area (Å²) in [5.41, 5.74) is 3.70. The van der Waals surface area contributed by atoms with Gasteiger partial charge in [-0.15, -0.1) is 0 Å². The minimum absolute atomic E-state index is 0.0296. The molecular formula is C17H14ClNO. The molecule has 3 heteroatoms. The van der Waals surface area contributed by atoms with Crippen LogP contribution in [0.25, 0.3) is 10.9 Å². The van der Waals surface area contributed by atoms with Gasteiger partial charge in [-0.3, -0.25) is 9.36 Å². The number of halogens is 1. The molecule has 0 aliphatic heterocycles. The maximum absolute atomic E-state index is 12.7. The van der Waals surface area contributed by atoms with Crippen molar-refractivity contribution in [3.05, 3.63) is 70.4 Å². The zero-order chi connectivity index (χ0) is 14.3. The van der Waals surface area contributed by atoms with Gasteiger partial charge in [-0.05, 0) is 56.3 Å². The first-order chi connectivity index (χ1) is 9.56. The summed E-state index contributed by atoms with van der Waals surface area (Å²) in [4.78, 5) is 12.7. The highest BCUT2D eigenvalue weighted by Crippen LogP contribution is 2.22. The first-order valence-corrected chi connectivity index (χ1v) is 6.83. The molecule has 20 heavy (non-hydrogen) atoms. The van der Waals surface area contributed by atoms with Crippen molar-refractivity contribution in [2.45, 2.75) is 13.8 Å². The summed E-state index contributed by atoms with van der Waals surface area (Å²) < 4.78 is 1.75. The molecule has 0 spiro atoms. The number of hydrogen-bond donors (Lipinski definition) is 0. The molecule has 2 nitrogen and oxygen atoms in total. The maximum Gasteiger partial charge on any atom is 0.262 e. The summed E-state index contributed by atoms with van der Waals surface area (Å²) in [6.45, 7) is 4.00. The minimum Gasteiger partial charge on any atom is -0.280 e. The number of aromatic nitrogens is 1. The van der Waals surface area contributed by atoms with E-state index < -0.39 is 0 Å². The van der Waals surface area contributed by atoms with E-state index in [0.717, 1.165) is 16.6 Å². The van der Waals surface area contributed by atoms with Gasteiger partial charge in [-0.1, -0.05) is 23.2 Å².